The number of anilines is 1. The number of sulfone groups is 1. The van der Waals surface area contributed by atoms with Gasteiger partial charge in [-0.25, -0.2) is 8.42 Å². The third-order valence-corrected chi connectivity index (χ3v) is 4.11. The van der Waals surface area contributed by atoms with Gasteiger partial charge in [0.2, 0.25) is 0 Å². The van der Waals surface area contributed by atoms with E-state index in [1.165, 1.54) is 18.2 Å². The van der Waals surface area contributed by atoms with Crippen molar-refractivity contribution in [2.45, 2.75) is 18.4 Å². The van der Waals surface area contributed by atoms with E-state index in [9.17, 15) is 18.5 Å². The summed E-state index contributed by atoms with van der Waals surface area (Å²) in [7, 11) is -3.67. The molecule has 0 aliphatic heterocycles. The van der Waals surface area contributed by atoms with Crippen LogP contribution in [0.2, 0.25) is 0 Å². The molecule has 0 unspecified atom stereocenters. The number of hydrogen-bond donors (Lipinski definition) is 1. The SMILES string of the molecule is Cc1cnn(CCNc2ccc([N+](=O)[O-])c(S(C)(=O)=O)c2)c1. The fourth-order valence-corrected chi connectivity index (χ4v) is 2.84. The molecule has 0 saturated carbocycles. The molecule has 0 amide bonds. The van der Waals surface area contributed by atoms with Crippen molar-refractivity contribution >= 4 is 21.2 Å². The van der Waals surface area contributed by atoms with Gasteiger partial charge in [0.25, 0.3) is 5.69 Å². The van der Waals surface area contributed by atoms with E-state index in [0.717, 1.165) is 11.8 Å². The normalized spacial score (nSPS) is 11.4. The molecule has 0 atom stereocenters. The van der Waals surface area contributed by atoms with Crippen LogP contribution in [-0.2, 0) is 16.4 Å². The van der Waals surface area contributed by atoms with Gasteiger partial charge in [0, 0.05) is 30.8 Å². The van der Waals surface area contributed by atoms with Crippen LogP contribution in [0.15, 0.2) is 35.5 Å². The average Bonchev–Trinajstić information content (AvgIpc) is 2.83. The highest BCUT2D eigenvalue weighted by molar-refractivity contribution is 7.90. The molecule has 8 nitrogen and oxygen atoms in total. The molecule has 1 N–H and O–H groups in total. The van der Waals surface area contributed by atoms with Crippen molar-refractivity contribution in [3.63, 3.8) is 0 Å². The highest BCUT2D eigenvalue weighted by Gasteiger charge is 2.22. The van der Waals surface area contributed by atoms with E-state index in [1.807, 2.05) is 13.1 Å². The molecule has 22 heavy (non-hydrogen) atoms. The number of rotatable bonds is 6. The molecule has 0 fully saturated rings. The number of aromatic nitrogens is 2. The molecule has 9 heteroatoms. The fraction of sp³-hybridized carbons (Fsp3) is 0.308. The second-order valence-corrected chi connectivity index (χ2v) is 6.90. The highest BCUT2D eigenvalue weighted by Crippen LogP contribution is 2.26. The molecular weight excluding hydrogens is 308 g/mol. The average molecular weight is 324 g/mol. The Bertz CT molecular complexity index is 798. The summed E-state index contributed by atoms with van der Waals surface area (Å²) < 4.78 is 25.1. The maximum absolute atomic E-state index is 11.7. The fourth-order valence-electron chi connectivity index (χ4n) is 1.98. The molecule has 1 heterocycles. The molecule has 0 radical (unpaired) electrons. The first-order valence-corrected chi connectivity index (χ1v) is 8.38. The highest BCUT2D eigenvalue weighted by atomic mass is 32.2. The van der Waals surface area contributed by atoms with Crippen LogP contribution in [0.1, 0.15) is 5.56 Å². The zero-order chi connectivity index (χ0) is 16.3. The Labute approximate surface area is 127 Å². The van der Waals surface area contributed by atoms with E-state index < -0.39 is 20.4 Å². The minimum atomic E-state index is -3.67. The number of nitrogens with one attached hydrogen (secondary N) is 1. The second kappa shape index (κ2) is 6.14. The van der Waals surface area contributed by atoms with Gasteiger partial charge >= 0.3 is 0 Å². The summed E-state index contributed by atoms with van der Waals surface area (Å²) in [5.41, 5.74) is 1.14. The van der Waals surface area contributed by atoms with E-state index in [1.54, 1.807) is 10.9 Å². The van der Waals surface area contributed by atoms with E-state index >= 15 is 0 Å². The first kappa shape index (κ1) is 16.0. The maximum atomic E-state index is 11.7. The molecule has 0 bridgehead atoms. The molecule has 0 saturated heterocycles. The summed E-state index contributed by atoms with van der Waals surface area (Å²) in [6.45, 7) is 3.05. The molecule has 2 rings (SSSR count). The number of benzene rings is 1. The molecule has 0 aliphatic carbocycles. The van der Waals surface area contributed by atoms with Gasteiger partial charge in [-0.15, -0.1) is 0 Å². The Kier molecular flexibility index (Phi) is 4.45. The van der Waals surface area contributed by atoms with Crippen molar-refractivity contribution in [1.82, 2.24) is 9.78 Å². The van der Waals surface area contributed by atoms with E-state index in [2.05, 4.69) is 10.4 Å². The van der Waals surface area contributed by atoms with Crippen LogP contribution in [0.5, 0.6) is 0 Å². The van der Waals surface area contributed by atoms with Crippen LogP contribution in [0.3, 0.4) is 0 Å². The Hall–Kier alpha value is -2.42. The van der Waals surface area contributed by atoms with E-state index in [-0.39, 0.29) is 4.90 Å². The first-order chi connectivity index (χ1) is 10.3. The molecular formula is C13H16N4O4S. The summed E-state index contributed by atoms with van der Waals surface area (Å²) in [5.74, 6) is 0. The van der Waals surface area contributed by atoms with Crippen molar-refractivity contribution in [3.05, 3.63) is 46.3 Å². The first-order valence-electron chi connectivity index (χ1n) is 6.49. The summed E-state index contributed by atoms with van der Waals surface area (Å²) in [5, 5.41) is 18.1. The predicted octanol–water partition coefficient (Wildman–Crippen LogP) is 1.62. The van der Waals surface area contributed by atoms with Crippen molar-refractivity contribution in [2.24, 2.45) is 0 Å². The van der Waals surface area contributed by atoms with Gasteiger partial charge in [-0.1, -0.05) is 0 Å². The van der Waals surface area contributed by atoms with Crippen molar-refractivity contribution in [1.29, 1.82) is 0 Å². The standard InChI is InChI=1S/C13H16N4O4S/c1-10-8-15-16(9-10)6-5-14-11-3-4-12(17(18)19)13(7-11)22(2,20)21/h3-4,7-9,14H,5-6H2,1-2H3. The number of aryl methyl sites for hydroxylation is 1. The van der Waals surface area contributed by atoms with Gasteiger partial charge in [-0.05, 0) is 24.6 Å². The molecule has 1 aromatic carbocycles. The van der Waals surface area contributed by atoms with Crippen LogP contribution in [0.25, 0.3) is 0 Å². The lowest BCUT2D eigenvalue weighted by Crippen LogP contribution is -2.11. The minimum absolute atomic E-state index is 0.294. The van der Waals surface area contributed by atoms with Crippen LogP contribution in [-0.4, -0.2) is 35.9 Å². The van der Waals surface area contributed by atoms with Crippen LogP contribution in [0.4, 0.5) is 11.4 Å². The Morgan fingerprint density at radius 3 is 2.68 bits per heavy atom. The predicted molar refractivity (Wildman–Crippen MR) is 81.7 cm³/mol. The number of hydrogen-bond acceptors (Lipinski definition) is 6. The molecule has 1 aromatic heterocycles. The number of nitro benzene ring substituents is 1. The topological polar surface area (TPSA) is 107 Å². The monoisotopic (exact) mass is 324 g/mol. The Morgan fingerprint density at radius 2 is 2.14 bits per heavy atom. The van der Waals surface area contributed by atoms with Crippen LogP contribution in [0, 0.1) is 17.0 Å². The van der Waals surface area contributed by atoms with Gasteiger partial charge < -0.3 is 5.32 Å². The van der Waals surface area contributed by atoms with Gasteiger partial charge in [0.1, 0.15) is 4.90 Å². The number of nitrogens with zero attached hydrogens (tertiary/aromatic N) is 3. The summed E-state index contributed by atoms with van der Waals surface area (Å²) in [4.78, 5) is 9.89. The van der Waals surface area contributed by atoms with E-state index in [4.69, 9.17) is 0 Å². The molecule has 0 spiro atoms. The lowest BCUT2D eigenvalue weighted by Gasteiger charge is -2.08. The number of nitro groups is 1. The van der Waals surface area contributed by atoms with Crippen molar-refractivity contribution in [3.8, 4) is 0 Å². The third-order valence-electron chi connectivity index (χ3n) is 2.99. The quantitative estimate of drug-likeness (QED) is 0.639. The Balaban J connectivity index is 2.13. The van der Waals surface area contributed by atoms with E-state index in [0.29, 0.717) is 18.8 Å². The van der Waals surface area contributed by atoms with Gasteiger partial charge in [-0.3, -0.25) is 14.8 Å². The smallest absolute Gasteiger partial charge is 0.288 e. The van der Waals surface area contributed by atoms with Crippen LogP contribution >= 0.6 is 0 Å². The van der Waals surface area contributed by atoms with Crippen molar-refractivity contribution < 1.29 is 13.3 Å². The van der Waals surface area contributed by atoms with Crippen LogP contribution < -0.4 is 5.32 Å². The van der Waals surface area contributed by atoms with Gasteiger partial charge in [-0.2, -0.15) is 5.10 Å². The molecule has 2 aromatic rings. The third kappa shape index (κ3) is 3.82. The van der Waals surface area contributed by atoms with Gasteiger partial charge in [0.05, 0.1) is 17.7 Å². The summed E-state index contributed by atoms with van der Waals surface area (Å²) in [6.07, 6.45) is 4.58. The van der Waals surface area contributed by atoms with Gasteiger partial charge in [0.15, 0.2) is 9.84 Å². The Morgan fingerprint density at radius 1 is 1.41 bits per heavy atom. The zero-order valence-electron chi connectivity index (χ0n) is 12.2. The molecule has 118 valence electrons. The molecule has 0 aliphatic rings. The van der Waals surface area contributed by atoms with Crippen molar-refractivity contribution in [2.75, 3.05) is 18.1 Å². The maximum Gasteiger partial charge on any atom is 0.288 e. The minimum Gasteiger partial charge on any atom is -0.383 e. The lowest BCUT2D eigenvalue weighted by atomic mass is 10.3. The largest absolute Gasteiger partial charge is 0.383 e. The lowest BCUT2D eigenvalue weighted by molar-refractivity contribution is -0.387. The zero-order valence-corrected chi connectivity index (χ0v) is 13.0. The summed E-state index contributed by atoms with van der Waals surface area (Å²) in [6, 6.07) is 3.96. The second-order valence-electron chi connectivity index (χ2n) is 4.92. The summed E-state index contributed by atoms with van der Waals surface area (Å²) >= 11 is 0.